The summed E-state index contributed by atoms with van der Waals surface area (Å²) in [5, 5.41) is 3.40. The number of amidine groups is 1. The van der Waals surface area contributed by atoms with E-state index in [1.165, 1.54) is 11.8 Å². The number of hydrogen-bond donors (Lipinski definition) is 1. The fraction of sp³-hybridized carbons (Fsp3) is 0.273. The number of rotatable bonds is 6. The highest BCUT2D eigenvalue weighted by Crippen LogP contribution is 2.33. The van der Waals surface area contributed by atoms with Gasteiger partial charge in [-0.25, -0.2) is 4.99 Å². The summed E-state index contributed by atoms with van der Waals surface area (Å²) in [5.41, 5.74) is 3.84. The van der Waals surface area contributed by atoms with Crippen LogP contribution in [0.4, 0.5) is 5.69 Å². The lowest BCUT2D eigenvalue weighted by Crippen LogP contribution is -2.19. The highest BCUT2D eigenvalue weighted by molar-refractivity contribution is 9.10. The van der Waals surface area contributed by atoms with Crippen LogP contribution in [-0.4, -0.2) is 24.3 Å². The zero-order valence-corrected chi connectivity index (χ0v) is 19.2. The van der Waals surface area contributed by atoms with Gasteiger partial charge in [0.05, 0.1) is 23.8 Å². The van der Waals surface area contributed by atoms with Gasteiger partial charge in [0.2, 0.25) is 0 Å². The topological polar surface area (TPSA) is 59.9 Å². The van der Waals surface area contributed by atoms with Gasteiger partial charge in [-0.1, -0.05) is 15.9 Å². The Labute approximate surface area is 183 Å². The minimum Gasteiger partial charge on any atom is -0.494 e. The Morgan fingerprint density at radius 3 is 2.45 bits per heavy atom. The Morgan fingerprint density at radius 1 is 1.10 bits per heavy atom. The van der Waals surface area contributed by atoms with Crippen LogP contribution in [0.25, 0.3) is 6.08 Å². The third-order valence-electron chi connectivity index (χ3n) is 4.19. The van der Waals surface area contributed by atoms with E-state index in [2.05, 4.69) is 26.2 Å². The summed E-state index contributed by atoms with van der Waals surface area (Å²) >= 11 is 4.88. The standard InChI is InChI=1S/C22H23BrN2O3S/c1-5-27-17-8-7-15(18(12-17)28-6-2)11-19-21(26)25-22(29-19)24-16-9-13(3)20(23)14(4)10-16/h7-12H,5-6H2,1-4H3,(H,24,25,26)/b19-11-. The molecule has 29 heavy (non-hydrogen) atoms. The molecule has 0 spiro atoms. The van der Waals surface area contributed by atoms with Crippen LogP contribution < -0.4 is 14.8 Å². The van der Waals surface area contributed by atoms with Gasteiger partial charge in [-0.3, -0.25) is 4.79 Å². The van der Waals surface area contributed by atoms with Crippen molar-refractivity contribution in [3.8, 4) is 11.5 Å². The lowest BCUT2D eigenvalue weighted by Gasteiger charge is -2.10. The first-order valence-electron chi connectivity index (χ1n) is 9.37. The van der Waals surface area contributed by atoms with E-state index in [4.69, 9.17) is 9.47 Å². The van der Waals surface area contributed by atoms with Gasteiger partial charge in [-0.05, 0) is 80.9 Å². The van der Waals surface area contributed by atoms with Gasteiger partial charge in [0.25, 0.3) is 5.91 Å². The maximum atomic E-state index is 12.5. The minimum absolute atomic E-state index is 0.171. The summed E-state index contributed by atoms with van der Waals surface area (Å²) in [5.74, 6) is 1.25. The number of nitrogens with one attached hydrogen (secondary N) is 1. The van der Waals surface area contributed by atoms with Crippen molar-refractivity contribution in [3.63, 3.8) is 0 Å². The predicted molar refractivity (Wildman–Crippen MR) is 123 cm³/mol. The number of carbonyl (C=O) groups is 1. The number of amides is 1. The van der Waals surface area contributed by atoms with Crippen molar-refractivity contribution in [2.45, 2.75) is 27.7 Å². The molecular formula is C22H23BrN2O3S. The molecule has 0 aliphatic carbocycles. The molecular weight excluding hydrogens is 452 g/mol. The second-order valence-corrected chi connectivity index (χ2v) is 8.26. The van der Waals surface area contributed by atoms with Crippen LogP contribution in [0.1, 0.15) is 30.5 Å². The molecule has 1 amide bonds. The number of aryl methyl sites for hydroxylation is 2. The molecule has 152 valence electrons. The van der Waals surface area contributed by atoms with Crippen LogP contribution in [0, 0.1) is 13.8 Å². The number of ether oxygens (including phenoxy) is 2. The number of hydrogen-bond acceptors (Lipinski definition) is 5. The Bertz CT molecular complexity index is 979. The number of halogens is 1. The number of aliphatic imine (C=N–C) groups is 1. The third-order valence-corrected chi connectivity index (χ3v) is 6.35. The molecule has 1 saturated heterocycles. The van der Waals surface area contributed by atoms with Gasteiger partial charge in [0, 0.05) is 16.1 Å². The average molecular weight is 475 g/mol. The maximum Gasteiger partial charge on any atom is 0.264 e. The molecule has 1 aliphatic rings. The molecule has 0 saturated carbocycles. The van der Waals surface area contributed by atoms with Gasteiger partial charge in [0.1, 0.15) is 11.5 Å². The smallest absolute Gasteiger partial charge is 0.264 e. The molecule has 1 heterocycles. The Hall–Kier alpha value is -2.25. The van der Waals surface area contributed by atoms with Crippen molar-refractivity contribution in [3.05, 3.63) is 56.4 Å². The Kier molecular flexibility index (Phi) is 7.03. The summed E-state index contributed by atoms with van der Waals surface area (Å²) in [4.78, 5) is 17.6. The molecule has 3 rings (SSSR count). The second kappa shape index (κ2) is 9.50. The zero-order valence-electron chi connectivity index (χ0n) is 16.8. The van der Waals surface area contributed by atoms with Gasteiger partial charge in [-0.2, -0.15) is 0 Å². The van der Waals surface area contributed by atoms with E-state index in [1.807, 2.05) is 64.1 Å². The van der Waals surface area contributed by atoms with Crippen molar-refractivity contribution in [2.24, 2.45) is 4.99 Å². The normalized spacial score (nSPS) is 16.4. The molecule has 2 aromatic rings. The van der Waals surface area contributed by atoms with Crippen LogP contribution >= 0.6 is 27.7 Å². The second-order valence-electron chi connectivity index (χ2n) is 6.44. The highest BCUT2D eigenvalue weighted by Gasteiger charge is 2.24. The summed E-state index contributed by atoms with van der Waals surface area (Å²) in [6, 6.07) is 9.58. The molecule has 0 radical (unpaired) electrons. The maximum absolute atomic E-state index is 12.5. The summed E-state index contributed by atoms with van der Waals surface area (Å²) in [6.45, 7) is 9.01. The van der Waals surface area contributed by atoms with Crippen molar-refractivity contribution in [1.82, 2.24) is 5.32 Å². The van der Waals surface area contributed by atoms with Crippen LogP contribution in [0.3, 0.4) is 0 Å². The molecule has 7 heteroatoms. The summed E-state index contributed by atoms with van der Waals surface area (Å²) in [6.07, 6.45) is 1.82. The minimum atomic E-state index is -0.171. The van der Waals surface area contributed by atoms with Crippen LogP contribution in [0.2, 0.25) is 0 Å². The molecule has 0 bridgehead atoms. The molecule has 2 aromatic carbocycles. The quantitative estimate of drug-likeness (QED) is 0.540. The first-order chi connectivity index (χ1) is 13.9. The van der Waals surface area contributed by atoms with Crippen molar-refractivity contribution in [2.75, 3.05) is 13.2 Å². The number of carbonyl (C=O) groups excluding carboxylic acids is 1. The van der Waals surface area contributed by atoms with E-state index in [1.54, 1.807) is 0 Å². The van der Waals surface area contributed by atoms with Crippen molar-refractivity contribution >= 4 is 50.5 Å². The number of nitrogens with zero attached hydrogens (tertiary/aromatic N) is 1. The van der Waals surface area contributed by atoms with Gasteiger partial charge >= 0.3 is 0 Å². The highest BCUT2D eigenvalue weighted by atomic mass is 79.9. The van der Waals surface area contributed by atoms with E-state index in [0.717, 1.165) is 32.6 Å². The fourth-order valence-electron chi connectivity index (χ4n) is 2.90. The molecule has 0 atom stereocenters. The number of benzene rings is 2. The molecule has 1 fully saturated rings. The van der Waals surface area contributed by atoms with Crippen LogP contribution in [-0.2, 0) is 4.79 Å². The monoisotopic (exact) mass is 474 g/mol. The summed E-state index contributed by atoms with van der Waals surface area (Å²) in [7, 11) is 0. The Balaban J connectivity index is 1.87. The first kappa shape index (κ1) is 21.5. The molecule has 5 nitrogen and oxygen atoms in total. The van der Waals surface area contributed by atoms with Gasteiger partial charge in [-0.15, -0.1) is 0 Å². The molecule has 1 aliphatic heterocycles. The molecule has 0 aromatic heterocycles. The van der Waals surface area contributed by atoms with Crippen LogP contribution in [0.5, 0.6) is 11.5 Å². The van der Waals surface area contributed by atoms with Gasteiger partial charge < -0.3 is 14.8 Å². The van der Waals surface area contributed by atoms with Crippen molar-refractivity contribution in [1.29, 1.82) is 0 Å². The summed E-state index contributed by atoms with van der Waals surface area (Å²) < 4.78 is 12.3. The third kappa shape index (κ3) is 5.22. The fourth-order valence-corrected chi connectivity index (χ4v) is 3.96. The van der Waals surface area contributed by atoms with E-state index in [9.17, 15) is 4.79 Å². The van der Waals surface area contributed by atoms with E-state index >= 15 is 0 Å². The van der Waals surface area contributed by atoms with E-state index < -0.39 is 0 Å². The largest absolute Gasteiger partial charge is 0.494 e. The van der Waals surface area contributed by atoms with E-state index in [0.29, 0.717) is 29.0 Å². The Morgan fingerprint density at radius 2 is 1.79 bits per heavy atom. The number of thioether (sulfide) groups is 1. The molecule has 1 N–H and O–H groups in total. The van der Waals surface area contributed by atoms with Crippen molar-refractivity contribution < 1.29 is 14.3 Å². The zero-order chi connectivity index (χ0) is 21.0. The molecule has 0 unspecified atom stereocenters. The van der Waals surface area contributed by atoms with Gasteiger partial charge in [0.15, 0.2) is 5.17 Å². The van der Waals surface area contributed by atoms with Crippen LogP contribution in [0.15, 0.2) is 44.7 Å². The SMILES string of the molecule is CCOc1ccc(/C=C2\SC(=Nc3cc(C)c(Br)c(C)c3)NC2=O)c(OCC)c1. The van der Waals surface area contributed by atoms with E-state index in [-0.39, 0.29) is 5.91 Å². The average Bonchev–Trinajstić information content (AvgIpc) is 3.01. The first-order valence-corrected chi connectivity index (χ1v) is 11.0. The lowest BCUT2D eigenvalue weighted by molar-refractivity contribution is -0.115. The lowest BCUT2D eigenvalue weighted by atomic mass is 10.1. The predicted octanol–water partition coefficient (Wildman–Crippen LogP) is 5.75.